The van der Waals surface area contributed by atoms with E-state index in [1.807, 2.05) is 0 Å². The van der Waals surface area contributed by atoms with Crippen LogP contribution in [0.3, 0.4) is 0 Å². The van der Waals surface area contributed by atoms with Crippen LogP contribution in [0.2, 0.25) is 0 Å². The molecule has 1 saturated carbocycles. The summed E-state index contributed by atoms with van der Waals surface area (Å²) in [6.07, 6.45) is 9.59. The molecule has 1 unspecified atom stereocenters. The number of ether oxygens (including phenoxy) is 1. The fraction of sp³-hybridized carbons (Fsp3) is 1.00. The predicted octanol–water partition coefficient (Wildman–Crippen LogP) is 3.60. The van der Waals surface area contributed by atoms with E-state index in [0.717, 1.165) is 12.3 Å². The van der Waals surface area contributed by atoms with Gasteiger partial charge in [0.1, 0.15) is 0 Å². The summed E-state index contributed by atoms with van der Waals surface area (Å²) in [7, 11) is 1.72. The van der Waals surface area contributed by atoms with Gasteiger partial charge in [0.15, 0.2) is 0 Å². The van der Waals surface area contributed by atoms with Crippen molar-refractivity contribution < 1.29 is 4.74 Å². The molecule has 1 nitrogen and oxygen atoms in total. The van der Waals surface area contributed by atoms with Crippen LogP contribution in [-0.2, 0) is 4.74 Å². The first kappa shape index (κ1) is 11.3. The van der Waals surface area contributed by atoms with Gasteiger partial charge in [-0.2, -0.15) is 0 Å². The lowest BCUT2D eigenvalue weighted by molar-refractivity contribution is 0.191. The van der Waals surface area contributed by atoms with Gasteiger partial charge in [-0.05, 0) is 18.8 Å². The van der Waals surface area contributed by atoms with E-state index < -0.39 is 0 Å². The first-order chi connectivity index (χ1) is 6.33. The fourth-order valence-electron chi connectivity index (χ4n) is 2.16. The topological polar surface area (TPSA) is 9.23 Å². The summed E-state index contributed by atoms with van der Waals surface area (Å²) in [5, 5.41) is 0.229. The lowest BCUT2D eigenvalue weighted by Gasteiger charge is -2.22. The minimum atomic E-state index is 0.229. The molecule has 0 N–H and O–H groups in total. The number of halogens is 1. The van der Waals surface area contributed by atoms with Crippen molar-refractivity contribution in [2.24, 2.45) is 5.92 Å². The second-order valence-corrected chi connectivity index (χ2v) is 4.75. The molecule has 1 aliphatic rings. The maximum atomic E-state index is 6.08. The van der Waals surface area contributed by atoms with Gasteiger partial charge in [0, 0.05) is 7.11 Å². The minimum Gasteiger partial charge on any atom is -0.383 e. The average Bonchev–Trinajstić information content (AvgIpc) is 2.17. The molecule has 2 heteroatoms. The molecule has 0 spiro atoms. The Morgan fingerprint density at radius 3 is 2.62 bits per heavy atom. The molecule has 0 saturated heterocycles. The molecule has 0 amide bonds. The highest BCUT2D eigenvalue weighted by molar-refractivity contribution is 6.20. The highest BCUT2D eigenvalue weighted by atomic mass is 35.5. The molecule has 0 aromatic rings. The SMILES string of the molecule is COCC(Cl)CCC1CCCCC1. The minimum absolute atomic E-state index is 0.229. The Morgan fingerprint density at radius 2 is 2.00 bits per heavy atom. The van der Waals surface area contributed by atoms with Crippen LogP contribution >= 0.6 is 11.6 Å². The highest BCUT2D eigenvalue weighted by Crippen LogP contribution is 2.28. The molecule has 0 aromatic carbocycles. The summed E-state index contributed by atoms with van der Waals surface area (Å²) >= 11 is 6.08. The average molecular weight is 205 g/mol. The summed E-state index contributed by atoms with van der Waals surface area (Å²) in [6, 6.07) is 0. The Kier molecular flexibility index (Phi) is 5.81. The van der Waals surface area contributed by atoms with Crippen LogP contribution in [0.15, 0.2) is 0 Å². The van der Waals surface area contributed by atoms with E-state index in [1.54, 1.807) is 7.11 Å². The molecule has 1 fully saturated rings. The number of hydrogen-bond donors (Lipinski definition) is 0. The van der Waals surface area contributed by atoms with E-state index >= 15 is 0 Å². The lowest BCUT2D eigenvalue weighted by atomic mass is 9.86. The van der Waals surface area contributed by atoms with E-state index in [9.17, 15) is 0 Å². The summed E-state index contributed by atoms with van der Waals surface area (Å²) in [5.74, 6) is 0.951. The maximum Gasteiger partial charge on any atom is 0.0626 e. The monoisotopic (exact) mass is 204 g/mol. The fourth-order valence-corrected chi connectivity index (χ4v) is 2.41. The zero-order valence-electron chi connectivity index (χ0n) is 8.60. The van der Waals surface area contributed by atoms with Crippen molar-refractivity contribution in [3.05, 3.63) is 0 Å². The first-order valence-corrected chi connectivity index (χ1v) is 5.89. The predicted molar refractivity (Wildman–Crippen MR) is 57.3 cm³/mol. The van der Waals surface area contributed by atoms with Gasteiger partial charge in [0.25, 0.3) is 0 Å². The van der Waals surface area contributed by atoms with Gasteiger partial charge < -0.3 is 4.74 Å². The van der Waals surface area contributed by atoms with E-state index in [4.69, 9.17) is 16.3 Å². The van der Waals surface area contributed by atoms with E-state index in [-0.39, 0.29) is 5.38 Å². The molecule has 0 heterocycles. The van der Waals surface area contributed by atoms with Crippen molar-refractivity contribution in [1.82, 2.24) is 0 Å². The molecule has 1 rings (SSSR count). The second kappa shape index (κ2) is 6.67. The van der Waals surface area contributed by atoms with Crippen LogP contribution in [0.5, 0.6) is 0 Å². The Labute approximate surface area is 86.8 Å². The van der Waals surface area contributed by atoms with Crippen LogP contribution in [0.25, 0.3) is 0 Å². The highest BCUT2D eigenvalue weighted by Gasteiger charge is 2.14. The number of alkyl halides is 1. The van der Waals surface area contributed by atoms with Crippen molar-refractivity contribution in [2.75, 3.05) is 13.7 Å². The zero-order chi connectivity index (χ0) is 9.52. The third-order valence-corrected chi connectivity index (χ3v) is 3.30. The van der Waals surface area contributed by atoms with Crippen LogP contribution in [0.1, 0.15) is 44.9 Å². The summed E-state index contributed by atoms with van der Waals surface area (Å²) in [4.78, 5) is 0. The van der Waals surface area contributed by atoms with Gasteiger partial charge in [-0.1, -0.05) is 32.1 Å². The van der Waals surface area contributed by atoms with Gasteiger partial charge in [-0.15, -0.1) is 11.6 Å². The van der Waals surface area contributed by atoms with Crippen molar-refractivity contribution in [3.63, 3.8) is 0 Å². The van der Waals surface area contributed by atoms with Crippen molar-refractivity contribution in [2.45, 2.75) is 50.3 Å². The normalized spacial score (nSPS) is 21.7. The third kappa shape index (κ3) is 4.87. The molecule has 1 aliphatic carbocycles. The van der Waals surface area contributed by atoms with E-state index in [0.29, 0.717) is 6.61 Å². The Bertz CT molecular complexity index is 121. The Hall–Kier alpha value is 0.250. The summed E-state index contributed by atoms with van der Waals surface area (Å²) in [6.45, 7) is 0.703. The lowest BCUT2D eigenvalue weighted by Crippen LogP contribution is -2.12. The standard InChI is InChI=1S/C11H21ClO/c1-13-9-11(12)8-7-10-5-3-2-4-6-10/h10-11H,2-9H2,1H3. The van der Waals surface area contributed by atoms with Crippen molar-refractivity contribution in [3.8, 4) is 0 Å². The van der Waals surface area contributed by atoms with Crippen molar-refractivity contribution >= 4 is 11.6 Å². The molecule has 0 aromatic heterocycles. The van der Waals surface area contributed by atoms with Gasteiger partial charge in [0.05, 0.1) is 12.0 Å². The molecule has 1 atom stereocenters. The summed E-state index contributed by atoms with van der Waals surface area (Å²) < 4.78 is 5.01. The zero-order valence-corrected chi connectivity index (χ0v) is 9.35. The van der Waals surface area contributed by atoms with E-state index in [1.165, 1.54) is 38.5 Å². The Balaban J connectivity index is 2.03. The molecular weight excluding hydrogens is 184 g/mol. The summed E-state index contributed by atoms with van der Waals surface area (Å²) in [5.41, 5.74) is 0. The number of methoxy groups -OCH3 is 1. The van der Waals surface area contributed by atoms with E-state index in [2.05, 4.69) is 0 Å². The van der Waals surface area contributed by atoms with Crippen LogP contribution < -0.4 is 0 Å². The first-order valence-electron chi connectivity index (χ1n) is 5.46. The molecular formula is C11H21ClO. The number of hydrogen-bond acceptors (Lipinski definition) is 1. The van der Waals surface area contributed by atoms with Gasteiger partial charge >= 0.3 is 0 Å². The van der Waals surface area contributed by atoms with Gasteiger partial charge in [-0.3, -0.25) is 0 Å². The van der Waals surface area contributed by atoms with Crippen LogP contribution in [0, 0.1) is 5.92 Å². The molecule has 13 heavy (non-hydrogen) atoms. The molecule has 0 bridgehead atoms. The van der Waals surface area contributed by atoms with Crippen LogP contribution in [-0.4, -0.2) is 19.1 Å². The quantitative estimate of drug-likeness (QED) is 0.622. The van der Waals surface area contributed by atoms with Crippen LogP contribution in [0.4, 0.5) is 0 Å². The number of rotatable bonds is 5. The third-order valence-electron chi connectivity index (χ3n) is 2.96. The second-order valence-electron chi connectivity index (χ2n) is 4.13. The molecule has 0 aliphatic heterocycles. The maximum absolute atomic E-state index is 6.08. The molecule has 78 valence electrons. The van der Waals surface area contributed by atoms with Gasteiger partial charge in [0.2, 0.25) is 0 Å². The Morgan fingerprint density at radius 1 is 1.31 bits per heavy atom. The molecule has 0 radical (unpaired) electrons. The smallest absolute Gasteiger partial charge is 0.0626 e. The van der Waals surface area contributed by atoms with Gasteiger partial charge in [-0.25, -0.2) is 0 Å². The largest absolute Gasteiger partial charge is 0.383 e. The van der Waals surface area contributed by atoms with Crippen molar-refractivity contribution in [1.29, 1.82) is 0 Å².